The summed E-state index contributed by atoms with van der Waals surface area (Å²) in [5, 5.41) is 22.8. The van der Waals surface area contributed by atoms with Crippen molar-refractivity contribution in [3.8, 4) is 5.69 Å². The molecule has 232 valence electrons. The first-order valence-electron chi connectivity index (χ1n) is 14.4. The maximum atomic E-state index is 13.6. The summed E-state index contributed by atoms with van der Waals surface area (Å²) in [6.07, 6.45) is 0.747. The lowest BCUT2D eigenvalue weighted by Crippen LogP contribution is -2.33. The number of fused-ring (bicyclic) bond motifs is 2. The van der Waals surface area contributed by atoms with Crippen LogP contribution in [0.2, 0.25) is 0 Å². The Morgan fingerprint density at radius 1 is 1.14 bits per heavy atom. The number of carboxylic acids is 1. The highest BCUT2D eigenvalue weighted by molar-refractivity contribution is 8.22. The second kappa shape index (κ2) is 10.2. The highest BCUT2D eigenvalue weighted by atomic mass is 32.3. The van der Waals surface area contributed by atoms with Gasteiger partial charge in [0.15, 0.2) is 0 Å². The van der Waals surface area contributed by atoms with E-state index in [1.54, 1.807) is 20.7 Å². The zero-order valence-electron chi connectivity index (χ0n) is 23.9. The third-order valence-electron chi connectivity index (χ3n) is 9.05. The topological polar surface area (TPSA) is 130 Å². The normalized spacial score (nSPS) is 25.2. The van der Waals surface area contributed by atoms with Crippen LogP contribution in [0.4, 0.5) is 13.2 Å². The Hall–Kier alpha value is -3.72. The van der Waals surface area contributed by atoms with E-state index in [0.717, 1.165) is 29.0 Å². The van der Waals surface area contributed by atoms with Gasteiger partial charge in [-0.1, -0.05) is 30.3 Å². The Bertz CT molecular complexity index is 1790. The largest absolute Gasteiger partial charge is 0.478 e. The van der Waals surface area contributed by atoms with Crippen molar-refractivity contribution < 1.29 is 32.2 Å². The van der Waals surface area contributed by atoms with Gasteiger partial charge in [0.1, 0.15) is 5.56 Å². The molecule has 1 saturated carbocycles. The second-order valence-corrected chi connectivity index (χ2v) is 14.0. The first-order valence-corrected chi connectivity index (χ1v) is 15.9. The van der Waals surface area contributed by atoms with Gasteiger partial charge >= 0.3 is 12.1 Å². The molecule has 3 aliphatic rings. The molecule has 0 radical (unpaired) electrons. The number of hydrogen-bond donors (Lipinski definition) is 3. The lowest BCUT2D eigenvalue weighted by atomic mass is 9.99. The van der Waals surface area contributed by atoms with Crippen LogP contribution in [0, 0.1) is 5.92 Å². The molecule has 1 unspecified atom stereocenters. The fourth-order valence-corrected chi connectivity index (χ4v) is 9.05. The van der Waals surface area contributed by atoms with Crippen LogP contribution in [-0.4, -0.2) is 55.8 Å². The minimum absolute atomic E-state index is 0.00926. The molecule has 1 aliphatic heterocycles. The third kappa shape index (κ3) is 4.71. The Morgan fingerprint density at radius 3 is 2.64 bits per heavy atom. The van der Waals surface area contributed by atoms with Crippen LogP contribution in [-0.2, 0) is 26.1 Å². The predicted molar refractivity (Wildman–Crippen MR) is 155 cm³/mol. The van der Waals surface area contributed by atoms with Crippen molar-refractivity contribution in [2.24, 2.45) is 13.0 Å². The number of hydrogen-bond acceptors (Lipinski definition) is 7. The molecule has 4 atom stereocenters. The smallest absolute Gasteiger partial charge is 0.416 e. The standard InChI is InChI=1S/C30H31F3N6O4S/c1-16-10-17-6-7-18(30(31,32)33)11-27(17)44(42,43)38(14-16)25-9-8-20-19(25)4-3-5-26(20)39-28(23(13-34-39)29(40)41)22-12-21(22)24-15-37(2)36-35-24/h3-7,11,13,15-16,21-22,25,42-43H,8-10,12,14H2,1-2H3,(H,40,41)/t16?,21-,22-,25-/m1/s1. The van der Waals surface area contributed by atoms with E-state index in [4.69, 9.17) is 0 Å². The molecule has 44 heavy (non-hydrogen) atoms. The van der Waals surface area contributed by atoms with E-state index < -0.39 is 34.5 Å². The minimum Gasteiger partial charge on any atom is -0.478 e. The molecule has 4 aromatic rings. The monoisotopic (exact) mass is 628 g/mol. The molecule has 0 spiro atoms. The van der Waals surface area contributed by atoms with Crippen molar-refractivity contribution in [3.05, 3.63) is 88.0 Å². The number of aromatic nitrogens is 5. The number of alkyl halides is 3. The van der Waals surface area contributed by atoms with Gasteiger partial charge in [0.05, 0.1) is 39.8 Å². The first kappa shape index (κ1) is 29.0. The average molecular weight is 629 g/mol. The number of halogens is 3. The van der Waals surface area contributed by atoms with Crippen molar-refractivity contribution in [2.45, 2.75) is 61.6 Å². The van der Waals surface area contributed by atoms with Gasteiger partial charge in [0.25, 0.3) is 0 Å². The van der Waals surface area contributed by atoms with E-state index >= 15 is 0 Å². The summed E-state index contributed by atoms with van der Waals surface area (Å²) in [5.41, 5.74) is 3.49. The lowest BCUT2D eigenvalue weighted by Gasteiger charge is -2.46. The van der Waals surface area contributed by atoms with Crippen LogP contribution in [0.1, 0.15) is 81.6 Å². The Kier molecular flexibility index (Phi) is 6.70. The summed E-state index contributed by atoms with van der Waals surface area (Å²) < 4.78 is 69.1. The van der Waals surface area contributed by atoms with Crippen LogP contribution in [0.5, 0.6) is 0 Å². The van der Waals surface area contributed by atoms with E-state index in [1.165, 1.54) is 12.3 Å². The van der Waals surface area contributed by atoms with Crippen LogP contribution in [0.25, 0.3) is 5.69 Å². The van der Waals surface area contributed by atoms with Crippen molar-refractivity contribution in [3.63, 3.8) is 0 Å². The van der Waals surface area contributed by atoms with Crippen LogP contribution >= 0.6 is 10.8 Å². The maximum Gasteiger partial charge on any atom is 0.416 e. The summed E-state index contributed by atoms with van der Waals surface area (Å²) in [6.45, 7) is 2.24. The number of aryl methyl sites for hydroxylation is 1. The van der Waals surface area contributed by atoms with Gasteiger partial charge < -0.3 is 5.11 Å². The van der Waals surface area contributed by atoms with Crippen molar-refractivity contribution >= 4 is 16.7 Å². The molecular formula is C30H31F3N6O4S. The molecule has 14 heteroatoms. The Morgan fingerprint density at radius 2 is 1.93 bits per heavy atom. The van der Waals surface area contributed by atoms with Crippen molar-refractivity contribution in [2.75, 3.05) is 6.54 Å². The number of aromatic carboxylic acids is 1. The molecule has 3 heterocycles. The van der Waals surface area contributed by atoms with Crippen LogP contribution in [0.15, 0.2) is 53.7 Å². The average Bonchev–Trinajstić information content (AvgIpc) is 3.27. The highest BCUT2D eigenvalue weighted by Crippen LogP contribution is 2.61. The molecule has 10 nitrogen and oxygen atoms in total. The van der Waals surface area contributed by atoms with Gasteiger partial charge in [-0.3, -0.25) is 13.8 Å². The summed E-state index contributed by atoms with van der Waals surface area (Å²) in [4.78, 5) is 12.2. The third-order valence-corrected chi connectivity index (χ3v) is 11.1. The number of carbonyl (C=O) groups is 1. The number of benzene rings is 2. The number of nitrogens with zero attached hydrogens (tertiary/aromatic N) is 6. The van der Waals surface area contributed by atoms with Crippen LogP contribution in [0.3, 0.4) is 0 Å². The van der Waals surface area contributed by atoms with Gasteiger partial charge in [0, 0.05) is 31.6 Å². The minimum atomic E-state index is -4.62. The molecular weight excluding hydrogens is 597 g/mol. The predicted octanol–water partition coefficient (Wildman–Crippen LogP) is 6.20. The van der Waals surface area contributed by atoms with Gasteiger partial charge in [-0.15, -0.1) is 15.9 Å². The number of carboxylic acid groups (broad SMARTS) is 1. The molecule has 2 aliphatic carbocycles. The molecule has 0 amide bonds. The molecule has 3 N–H and O–H groups in total. The second-order valence-electron chi connectivity index (χ2n) is 12.1. The summed E-state index contributed by atoms with van der Waals surface area (Å²) in [7, 11) is -2.00. The fourth-order valence-electron chi connectivity index (χ4n) is 6.98. The van der Waals surface area contributed by atoms with Gasteiger partial charge in [-0.05, 0) is 66.5 Å². The summed E-state index contributed by atoms with van der Waals surface area (Å²) in [5.74, 6) is -1.23. The quantitative estimate of drug-likeness (QED) is 0.239. The van der Waals surface area contributed by atoms with E-state index in [2.05, 4.69) is 15.4 Å². The molecule has 0 bridgehead atoms. The zero-order chi connectivity index (χ0) is 31.1. The van der Waals surface area contributed by atoms with Crippen molar-refractivity contribution in [1.29, 1.82) is 0 Å². The fraction of sp³-hybridized carbons (Fsp3) is 0.400. The van der Waals surface area contributed by atoms with Gasteiger partial charge in [-0.25, -0.2) is 9.48 Å². The van der Waals surface area contributed by atoms with Crippen LogP contribution < -0.4 is 0 Å². The van der Waals surface area contributed by atoms with E-state index in [1.807, 2.05) is 31.3 Å². The lowest BCUT2D eigenvalue weighted by molar-refractivity contribution is -0.137. The SMILES string of the molecule is CC1Cc2ccc(C(F)(F)F)cc2S(O)(O)N([C@@H]2CCc3c2cccc3-n2ncc(C(=O)O)c2[C@@H]2C[C@H]2c2cn(C)nn2)C1. The number of rotatable bonds is 5. The zero-order valence-corrected chi connectivity index (χ0v) is 24.8. The molecule has 7 rings (SSSR count). The van der Waals surface area contributed by atoms with Gasteiger partial charge in [-0.2, -0.15) is 22.6 Å². The molecule has 1 fully saturated rings. The van der Waals surface area contributed by atoms with E-state index in [9.17, 15) is 32.2 Å². The molecule has 2 aromatic carbocycles. The maximum absolute atomic E-state index is 13.6. The van der Waals surface area contributed by atoms with Crippen molar-refractivity contribution in [1.82, 2.24) is 29.1 Å². The Balaban J connectivity index is 1.28. The highest BCUT2D eigenvalue weighted by Gasteiger charge is 2.47. The van der Waals surface area contributed by atoms with E-state index in [-0.39, 0.29) is 34.8 Å². The van der Waals surface area contributed by atoms with Gasteiger partial charge in [0.2, 0.25) is 0 Å². The molecule has 2 aromatic heterocycles. The Labute approximate surface area is 252 Å². The summed E-state index contributed by atoms with van der Waals surface area (Å²) in [6, 6.07) is 8.37. The molecule has 0 saturated heterocycles. The van der Waals surface area contributed by atoms with E-state index in [0.29, 0.717) is 42.6 Å². The first-order chi connectivity index (χ1) is 20.8. The summed E-state index contributed by atoms with van der Waals surface area (Å²) >= 11 is 0.